The smallest absolute Gasteiger partial charge is 0.251 e. The second kappa shape index (κ2) is 6.38. The molecule has 0 aliphatic heterocycles. The van der Waals surface area contributed by atoms with Gasteiger partial charge in [0.25, 0.3) is 5.91 Å². The van der Waals surface area contributed by atoms with Gasteiger partial charge < -0.3 is 11.1 Å². The van der Waals surface area contributed by atoms with Gasteiger partial charge in [-0.2, -0.15) is 0 Å². The summed E-state index contributed by atoms with van der Waals surface area (Å²) in [5, 5.41) is 2.99. The molecule has 17 heavy (non-hydrogen) atoms. The Hall–Kier alpha value is -0.580. The zero-order valence-corrected chi connectivity index (χ0v) is 11.8. The van der Waals surface area contributed by atoms with Gasteiger partial charge in [0.1, 0.15) is 0 Å². The molecule has 0 saturated heterocycles. The molecule has 0 aromatic heterocycles. The van der Waals surface area contributed by atoms with Crippen molar-refractivity contribution in [1.82, 2.24) is 5.32 Å². The average Bonchev–Trinajstić information content (AvgIpc) is 3.09. The summed E-state index contributed by atoms with van der Waals surface area (Å²) in [7, 11) is 0. The van der Waals surface area contributed by atoms with E-state index < -0.39 is 0 Å². The Bertz CT molecular complexity index is 396. The average molecular weight is 320 g/mol. The molecule has 3 N–H and O–H groups in total. The van der Waals surface area contributed by atoms with E-state index in [1.165, 1.54) is 12.8 Å². The van der Waals surface area contributed by atoms with Crippen LogP contribution in [0.4, 0.5) is 0 Å². The third-order valence-corrected chi connectivity index (χ3v) is 3.34. The van der Waals surface area contributed by atoms with Gasteiger partial charge in [0.15, 0.2) is 0 Å². The Morgan fingerprint density at radius 3 is 2.76 bits per heavy atom. The maximum atomic E-state index is 11.9. The van der Waals surface area contributed by atoms with Crippen LogP contribution in [0.2, 0.25) is 0 Å². The number of carbonyl (C=O) groups excluding carboxylic acids is 1. The lowest BCUT2D eigenvalue weighted by Gasteiger charge is -2.15. The number of amides is 1. The van der Waals surface area contributed by atoms with Crippen molar-refractivity contribution in [2.24, 2.45) is 11.7 Å². The maximum absolute atomic E-state index is 11.9. The van der Waals surface area contributed by atoms with Crippen molar-refractivity contribution in [2.75, 3.05) is 6.54 Å². The molecular formula is C12H16BrClN2O. The first-order valence-corrected chi connectivity index (χ1v) is 6.26. The van der Waals surface area contributed by atoms with Gasteiger partial charge in [-0.05, 0) is 37.0 Å². The Morgan fingerprint density at radius 2 is 2.24 bits per heavy atom. The predicted octanol–water partition coefficient (Wildman–Crippen LogP) is 2.34. The second-order valence-corrected chi connectivity index (χ2v) is 5.08. The maximum Gasteiger partial charge on any atom is 0.251 e. The van der Waals surface area contributed by atoms with Crippen LogP contribution >= 0.6 is 28.3 Å². The van der Waals surface area contributed by atoms with Gasteiger partial charge >= 0.3 is 0 Å². The topological polar surface area (TPSA) is 55.1 Å². The monoisotopic (exact) mass is 318 g/mol. The van der Waals surface area contributed by atoms with Gasteiger partial charge in [0.05, 0.1) is 0 Å². The fourth-order valence-corrected chi connectivity index (χ4v) is 2.15. The highest BCUT2D eigenvalue weighted by Gasteiger charge is 2.31. The van der Waals surface area contributed by atoms with Crippen LogP contribution in [0.25, 0.3) is 0 Å². The van der Waals surface area contributed by atoms with Gasteiger partial charge in [0, 0.05) is 22.6 Å². The van der Waals surface area contributed by atoms with Crippen LogP contribution in [0.5, 0.6) is 0 Å². The van der Waals surface area contributed by atoms with Crippen molar-refractivity contribution >= 4 is 34.2 Å². The number of hydrogen-bond acceptors (Lipinski definition) is 2. The van der Waals surface area contributed by atoms with Gasteiger partial charge in [-0.3, -0.25) is 4.79 Å². The van der Waals surface area contributed by atoms with Crippen LogP contribution in [-0.2, 0) is 0 Å². The molecule has 0 bridgehead atoms. The quantitative estimate of drug-likeness (QED) is 0.895. The highest BCUT2D eigenvalue weighted by atomic mass is 79.9. The van der Waals surface area contributed by atoms with Crippen LogP contribution in [0.1, 0.15) is 23.2 Å². The second-order valence-electron chi connectivity index (χ2n) is 4.16. The SMILES string of the molecule is Cl.NCC(NC(=O)c1cccc(Br)c1)C1CC1. The molecule has 1 saturated carbocycles. The van der Waals surface area contributed by atoms with E-state index >= 15 is 0 Å². The van der Waals surface area contributed by atoms with Crippen LogP contribution < -0.4 is 11.1 Å². The highest BCUT2D eigenvalue weighted by molar-refractivity contribution is 9.10. The molecule has 1 atom stereocenters. The lowest BCUT2D eigenvalue weighted by atomic mass is 10.1. The molecule has 0 radical (unpaired) electrons. The number of benzene rings is 1. The molecule has 1 aliphatic rings. The lowest BCUT2D eigenvalue weighted by Crippen LogP contribution is -2.41. The zero-order chi connectivity index (χ0) is 11.5. The van der Waals surface area contributed by atoms with E-state index in [4.69, 9.17) is 5.73 Å². The fourth-order valence-electron chi connectivity index (χ4n) is 1.75. The van der Waals surface area contributed by atoms with E-state index in [0.29, 0.717) is 18.0 Å². The highest BCUT2D eigenvalue weighted by Crippen LogP contribution is 2.32. The van der Waals surface area contributed by atoms with Crippen LogP contribution in [-0.4, -0.2) is 18.5 Å². The molecule has 3 nitrogen and oxygen atoms in total. The minimum absolute atomic E-state index is 0. The Balaban J connectivity index is 0.00000144. The van der Waals surface area contributed by atoms with Crippen molar-refractivity contribution in [3.8, 4) is 0 Å². The van der Waals surface area contributed by atoms with Gasteiger partial charge in [0.2, 0.25) is 0 Å². The van der Waals surface area contributed by atoms with E-state index in [9.17, 15) is 4.79 Å². The third-order valence-electron chi connectivity index (χ3n) is 2.85. The first-order valence-electron chi connectivity index (χ1n) is 5.47. The number of halogens is 2. The summed E-state index contributed by atoms with van der Waals surface area (Å²) in [6.07, 6.45) is 2.36. The van der Waals surface area contributed by atoms with E-state index in [0.717, 1.165) is 4.47 Å². The summed E-state index contributed by atoms with van der Waals surface area (Å²) < 4.78 is 0.913. The van der Waals surface area contributed by atoms with Crippen LogP contribution in [0, 0.1) is 5.92 Å². The summed E-state index contributed by atoms with van der Waals surface area (Å²) in [6, 6.07) is 7.51. The van der Waals surface area contributed by atoms with Crippen molar-refractivity contribution in [3.63, 3.8) is 0 Å². The van der Waals surface area contributed by atoms with E-state index in [2.05, 4.69) is 21.2 Å². The summed E-state index contributed by atoms with van der Waals surface area (Å²) in [4.78, 5) is 11.9. The van der Waals surface area contributed by atoms with Gasteiger partial charge in [-0.15, -0.1) is 12.4 Å². The fraction of sp³-hybridized carbons (Fsp3) is 0.417. The lowest BCUT2D eigenvalue weighted by molar-refractivity contribution is 0.0933. The van der Waals surface area contributed by atoms with Gasteiger partial charge in [-0.1, -0.05) is 22.0 Å². The molecule has 1 aliphatic carbocycles. The Kier molecular flexibility index (Phi) is 5.43. The van der Waals surface area contributed by atoms with Crippen LogP contribution in [0.15, 0.2) is 28.7 Å². The molecule has 0 spiro atoms. The standard InChI is InChI=1S/C12H15BrN2O.ClH/c13-10-3-1-2-9(6-10)12(16)15-11(7-14)8-4-5-8;/h1-3,6,8,11H,4-5,7,14H2,(H,15,16);1H. The number of carbonyl (C=O) groups is 1. The van der Waals surface area contributed by atoms with E-state index in [-0.39, 0.29) is 24.4 Å². The minimum Gasteiger partial charge on any atom is -0.348 e. The van der Waals surface area contributed by atoms with Crippen molar-refractivity contribution in [2.45, 2.75) is 18.9 Å². The number of hydrogen-bond donors (Lipinski definition) is 2. The third kappa shape index (κ3) is 3.98. The molecule has 1 unspecified atom stereocenters. The number of nitrogens with one attached hydrogen (secondary N) is 1. The Morgan fingerprint density at radius 1 is 1.53 bits per heavy atom. The van der Waals surface area contributed by atoms with Crippen LogP contribution in [0.3, 0.4) is 0 Å². The molecule has 1 aromatic carbocycles. The number of nitrogens with two attached hydrogens (primary N) is 1. The van der Waals surface area contributed by atoms with E-state index in [1.54, 1.807) is 6.07 Å². The summed E-state index contributed by atoms with van der Waals surface area (Å²) >= 11 is 3.35. The molecule has 94 valence electrons. The molecule has 0 heterocycles. The first kappa shape index (κ1) is 14.5. The summed E-state index contributed by atoms with van der Waals surface area (Å²) in [6.45, 7) is 0.518. The zero-order valence-electron chi connectivity index (χ0n) is 9.36. The van der Waals surface area contributed by atoms with E-state index in [1.807, 2.05) is 18.2 Å². The normalized spacial score (nSPS) is 15.9. The molecular weight excluding hydrogens is 304 g/mol. The van der Waals surface area contributed by atoms with Gasteiger partial charge in [-0.25, -0.2) is 0 Å². The van der Waals surface area contributed by atoms with Crippen molar-refractivity contribution in [1.29, 1.82) is 0 Å². The predicted molar refractivity (Wildman–Crippen MR) is 74.4 cm³/mol. The van der Waals surface area contributed by atoms with Crippen molar-refractivity contribution in [3.05, 3.63) is 34.3 Å². The largest absolute Gasteiger partial charge is 0.348 e. The Labute approximate surface area is 116 Å². The number of rotatable bonds is 4. The molecule has 1 aromatic rings. The summed E-state index contributed by atoms with van der Waals surface area (Å²) in [5.74, 6) is 0.546. The van der Waals surface area contributed by atoms with Crippen molar-refractivity contribution < 1.29 is 4.79 Å². The molecule has 2 rings (SSSR count). The first-order chi connectivity index (χ1) is 7.70. The molecule has 5 heteroatoms. The molecule has 1 amide bonds. The minimum atomic E-state index is -0.0383. The summed E-state index contributed by atoms with van der Waals surface area (Å²) in [5.41, 5.74) is 6.32. The molecule has 1 fully saturated rings.